The van der Waals surface area contributed by atoms with E-state index in [-0.39, 0.29) is 5.91 Å². The molecular weight excluding hydrogens is 266 g/mol. The van der Waals surface area contributed by atoms with Crippen molar-refractivity contribution >= 4 is 5.91 Å². The number of para-hydroxylation sites is 1. The fraction of sp³-hybridized carbons (Fsp3) is 0.375. The van der Waals surface area contributed by atoms with Crippen molar-refractivity contribution in [2.75, 3.05) is 6.54 Å². The predicted molar refractivity (Wildman–Crippen MR) is 79.4 cm³/mol. The summed E-state index contributed by atoms with van der Waals surface area (Å²) in [4.78, 5) is 12.1. The minimum Gasteiger partial charge on any atom is -0.388 e. The van der Waals surface area contributed by atoms with Gasteiger partial charge in [0.25, 0.3) is 5.91 Å². The molecule has 0 unspecified atom stereocenters. The maximum atomic E-state index is 12.1. The van der Waals surface area contributed by atoms with Gasteiger partial charge >= 0.3 is 0 Å². The Kier molecular flexibility index (Phi) is 3.51. The topological polar surface area (TPSA) is 67.2 Å². The van der Waals surface area contributed by atoms with Crippen LogP contribution in [-0.4, -0.2) is 32.9 Å². The lowest BCUT2D eigenvalue weighted by atomic mass is 9.80. The summed E-state index contributed by atoms with van der Waals surface area (Å²) in [6.07, 6.45) is 5.80. The molecule has 1 amide bonds. The second-order valence-corrected chi connectivity index (χ2v) is 5.72. The highest BCUT2D eigenvalue weighted by Crippen LogP contribution is 2.30. The van der Waals surface area contributed by atoms with Crippen LogP contribution in [0.4, 0.5) is 0 Å². The molecule has 0 atom stereocenters. The highest BCUT2D eigenvalue weighted by molar-refractivity contribution is 5.93. The van der Waals surface area contributed by atoms with Gasteiger partial charge in [-0.2, -0.15) is 5.10 Å². The van der Waals surface area contributed by atoms with Crippen LogP contribution in [0.5, 0.6) is 0 Å². The summed E-state index contributed by atoms with van der Waals surface area (Å²) < 4.78 is 1.70. The maximum Gasteiger partial charge on any atom is 0.254 e. The lowest BCUT2D eigenvalue weighted by molar-refractivity contribution is -0.0300. The van der Waals surface area contributed by atoms with Crippen molar-refractivity contribution in [2.45, 2.75) is 31.8 Å². The number of nitrogens with one attached hydrogen (secondary N) is 1. The van der Waals surface area contributed by atoms with Gasteiger partial charge in [-0.3, -0.25) is 4.79 Å². The molecule has 21 heavy (non-hydrogen) atoms. The summed E-state index contributed by atoms with van der Waals surface area (Å²) in [6.45, 7) is 2.31. The molecule has 1 aliphatic rings. The molecular formula is C16H19N3O2. The first-order chi connectivity index (χ1) is 10.1. The smallest absolute Gasteiger partial charge is 0.254 e. The van der Waals surface area contributed by atoms with E-state index in [1.165, 1.54) is 0 Å². The molecule has 1 aromatic heterocycles. The van der Waals surface area contributed by atoms with E-state index in [2.05, 4.69) is 10.4 Å². The molecule has 2 aromatic rings. The number of aryl methyl sites for hydroxylation is 1. The van der Waals surface area contributed by atoms with Gasteiger partial charge in [-0.1, -0.05) is 18.2 Å². The third-order valence-corrected chi connectivity index (χ3v) is 4.07. The van der Waals surface area contributed by atoms with Crippen molar-refractivity contribution in [1.29, 1.82) is 0 Å². The zero-order chi connectivity index (χ0) is 14.9. The van der Waals surface area contributed by atoms with Gasteiger partial charge in [0.15, 0.2) is 0 Å². The Hall–Kier alpha value is -2.14. The number of amides is 1. The summed E-state index contributed by atoms with van der Waals surface area (Å²) in [5, 5.41) is 17.0. The molecule has 1 fully saturated rings. The van der Waals surface area contributed by atoms with Crippen LogP contribution >= 0.6 is 0 Å². The Morgan fingerprint density at radius 2 is 2.19 bits per heavy atom. The quantitative estimate of drug-likeness (QED) is 0.900. The van der Waals surface area contributed by atoms with Crippen molar-refractivity contribution in [3.8, 4) is 5.69 Å². The summed E-state index contributed by atoms with van der Waals surface area (Å²) in [5.74, 6) is -0.199. The number of hydrogen-bond acceptors (Lipinski definition) is 3. The van der Waals surface area contributed by atoms with Crippen LogP contribution in [0.15, 0.2) is 36.7 Å². The van der Waals surface area contributed by atoms with Gasteiger partial charge < -0.3 is 10.4 Å². The van der Waals surface area contributed by atoms with E-state index in [9.17, 15) is 9.90 Å². The Balaban J connectivity index is 1.70. The molecule has 0 aliphatic heterocycles. The number of nitrogens with zero attached hydrogens (tertiary/aromatic N) is 2. The first-order valence-corrected chi connectivity index (χ1v) is 7.19. The second kappa shape index (κ2) is 5.33. The van der Waals surface area contributed by atoms with Crippen LogP contribution in [0, 0.1) is 6.92 Å². The summed E-state index contributed by atoms with van der Waals surface area (Å²) in [5.41, 5.74) is 1.84. The molecule has 2 N–H and O–H groups in total. The monoisotopic (exact) mass is 285 g/mol. The maximum absolute atomic E-state index is 12.1. The van der Waals surface area contributed by atoms with Crippen molar-refractivity contribution < 1.29 is 9.90 Å². The Bertz CT molecular complexity index is 659. The lowest BCUT2D eigenvalue weighted by Crippen LogP contribution is -2.47. The standard InChI is InChI=1S/C16H19N3O2/c1-12-5-2-3-6-14(12)19-10-13(9-18-19)15(20)17-11-16(21)7-4-8-16/h2-3,5-6,9-10,21H,4,7-8,11H2,1H3,(H,17,20). The number of carbonyl (C=O) groups excluding carboxylic acids is 1. The minimum atomic E-state index is -0.707. The van der Waals surface area contributed by atoms with Gasteiger partial charge in [-0.15, -0.1) is 0 Å². The fourth-order valence-electron chi connectivity index (χ4n) is 2.50. The van der Waals surface area contributed by atoms with E-state index in [0.717, 1.165) is 30.5 Å². The van der Waals surface area contributed by atoms with E-state index in [1.807, 2.05) is 31.2 Å². The van der Waals surface area contributed by atoms with Gasteiger partial charge in [0.05, 0.1) is 23.0 Å². The number of carbonyl (C=O) groups is 1. The molecule has 5 nitrogen and oxygen atoms in total. The molecule has 0 radical (unpaired) electrons. The van der Waals surface area contributed by atoms with Crippen LogP contribution in [0.2, 0.25) is 0 Å². The molecule has 1 heterocycles. The number of benzene rings is 1. The molecule has 110 valence electrons. The average molecular weight is 285 g/mol. The third kappa shape index (κ3) is 2.83. The fourth-order valence-corrected chi connectivity index (χ4v) is 2.50. The van der Waals surface area contributed by atoms with E-state index in [4.69, 9.17) is 0 Å². The molecule has 0 spiro atoms. The Morgan fingerprint density at radius 1 is 1.43 bits per heavy atom. The number of hydrogen-bond donors (Lipinski definition) is 2. The molecule has 3 rings (SSSR count). The van der Waals surface area contributed by atoms with Crippen molar-refractivity contribution in [2.24, 2.45) is 0 Å². The first-order valence-electron chi connectivity index (χ1n) is 7.19. The van der Waals surface area contributed by atoms with Gasteiger partial charge in [-0.05, 0) is 37.8 Å². The van der Waals surface area contributed by atoms with Crippen LogP contribution in [0.1, 0.15) is 35.2 Å². The van der Waals surface area contributed by atoms with Gasteiger partial charge in [0, 0.05) is 12.7 Å². The van der Waals surface area contributed by atoms with E-state index < -0.39 is 5.60 Å². The molecule has 0 bridgehead atoms. The lowest BCUT2D eigenvalue weighted by Gasteiger charge is -2.36. The molecule has 1 aliphatic carbocycles. The summed E-state index contributed by atoms with van der Waals surface area (Å²) in [7, 11) is 0. The van der Waals surface area contributed by atoms with Gasteiger partial charge in [-0.25, -0.2) is 4.68 Å². The van der Waals surface area contributed by atoms with E-state index in [1.54, 1.807) is 17.1 Å². The SMILES string of the molecule is Cc1ccccc1-n1cc(C(=O)NCC2(O)CCC2)cn1. The highest BCUT2D eigenvalue weighted by atomic mass is 16.3. The zero-order valence-electron chi connectivity index (χ0n) is 12.0. The first kappa shape index (κ1) is 13.8. The van der Waals surface area contributed by atoms with E-state index in [0.29, 0.717) is 12.1 Å². The van der Waals surface area contributed by atoms with Crippen molar-refractivity contribution in [3.05, 3.63) is 47.8 Å². The van der Waals surface area contributed by atoms with Gasteiger partial charge in [0.1, 0.15) is 0 Å². The predicted octanol–water partition coefficient (Wildman–Crippen LogP) is 1.83. The molecule has 0 saturated heterocycles. The van der Waals surface area contributed by atoms with Crippen molar-refractivity contribution in [1.82, 2.24) is 15.1 Å². The normalized spacial score (nSPS) is 16.3. The van der Waals surface area contributed by atoms with Crippen LogP contribution in [0.3, 0.4) is 0 Å². The third-order valence-electron chi connectivity index (χ3n) is 4.07. The number of rotatable bonds is 4. The molecule has 5 heteroatoms. The van der Waals surface area contributed by atoms with Gasteiger partial charge in [0.2, 0.25) is 0 Å². The number of aromatic nitrogens is 2. The average Bonchev–Trinajstić information content (AvgIpc) is 2.93. The van der Waals surface area contributed by atoms with Crippen LogP contribution < -0.4 is 5.32 Å². The summed E-state index contributed by atoms with van der Waals surface area (Å²) >= 11 is 0. The van der Waals surface area contributed by atoms with Crippen LogP contribution in [0.25, 0.3) is 5.69 Å². The molecule has 1 saturated carbocycles. The summed E-state index contributed by atoms with van der Waals surface area (Å²) in [6, 6.07) is 7.87. The minimum absolute atomic E-state index is 0.199. The Morgan fingerprint density at radius 3 is 2.86 bits per heavy atom. The largest absolute Gasteiger partial charge is 0.388 e. The zero-order valence-corrected chi connectivity index (χ0v) is 12.0. The highest BCUT2D eigenvalue weighted by Gasteiger charge is 2.34. The second-order valence-electron chi connectivity index (χ2n) is 5.72. The van der Waals surface area contributed by atoms with E-state index >= 15 is 0 Å². The molecule has 1 aromatic carbocycles. The number of aliphatic hydroxyl groups is 1. The van der Waals surface area contributed by atoms with Crippen molar-refractivity contribution in [3.63, 3.8) is 0 Å². The Labute approximate surface area is 123 Å². The van der Waals surface area contributed by atoms with Crippen LogP contribution in [-0.2, 0) is 0 Å².